The summed E-state index contributed by atoms with van der Waals surface area (Å²) >= 11 is 0. The maximum Gasteiger partial charge on any atom is 0.253 e. The van der Waals surface area contributed by atoms with Gasteiger partial charge in [-0.2, -0.15) is 0 Å². The molecule has 0 aromatic heterocycles. The summed E-state index contributed by atoms with van der Waals surface area (Å²) in [4.78, 5) is 28.1. The van der Waals surface area contributed by atoms with Crippen LogP contribution in [-0.4, -0.2) is 54.3 Å². The SMILES string of the molecule is CCN(CC)CC(=O)Nc1ccc(C(=O)N2CCCC2)cc1. The van der Waals surface area contributed by atoms with Gasteiger partial charge < -0.3 is 10.2 Å². The number of rotatable bonds is 6. The number of carbonyl (C=O) groups excluding carboxylic acids is 2. The first kappa shape index (κ1) is 16.5. The molecule has 1 fully saturated rings. The van der Waals surface area contributed by atoms with E-state index in [1.54, 1.807) is 24.3 Å². The Morgan fingerprint density at radius 1 is 1.09 bits per heavy atom. The van der Waals surface area contributed by atoms with Crippen LogP contribution < -0.4 is 5.32 Å². The summed E-state index contributed by atoms with van der Waals surface area (Å²) in [5.74, 6) is 0.0563. The molecule has 1 aliphatic heterocycles. The van der Waals surface area contributed by atoms with Crippen LogP contribution in [0.25, 0.3) is 0 Å². The van der Waals surface area contributed by atoms with E-state index in [9.17, 15) is 9.59 Å². The third-order valence-corrected chi connectivity index (χ3v) is 4.07. The van der Waals surface area contributed by atoms with Crippen LogP contribution in [0.3, 0.4) is 0 Å². The zero-order valence-corrected chi connectivity index (χ0v) is 13.5. The van der Waals surface area contributed by atoms with Gasteiger partial charge in [-0.3, -0.25) is 14.5 Å². The van der Waals surface area contributed by atoms with Gasteiger partial charge in [0.25, 0.3) is 5.91 Å². The van der Waals surface area contributed by atoms with Gasteiger partial charge in [0.05, 0.1) is 6.54 Å². The van der Waals surface area contributed by atoms with E-state index < -0.39 is 0 Å². The van der Waals surface area contributed by atoms with Crippen LogP contribution in [0.4, 0.5) is 5.69 Å². The van der Waals surface area contributed by atoms with Gasteiger partial charge in [-0.15, -0.1) is 0 Å². The fraction of sp³-hybridized carbons (Fsp3) is 0.529. The van der Waals surface area contributed by atoms with Crippen LogP contribution >= 0.6 is 0 Å². The second-order valence-corrected chi connectivity index (χ2v) is 5.59. The molecular weight excluding hydrogens is 278 g/mol. The lowest BCUT2D eigenvalue weighted by Gasteiger charge is -2.17. The molecule has 0 spiro atoms. The molecule has 1 aromatic carbocycles. The van der Waals surface area contributed by atoms with E-state index in [2.05, 4.69) is 10.2 Å². The van der Waals surface area contributed by atoms with Crippen LogP contribution in [-0.2, 0) is 4.79 Å². The van der Waals surface area contributed by atoms with Crippen LogP contribution in [0.2, 0.25) is 0 Å². The van der Waals surface area contributed by atoms with Crippen molar-refractivity contribution in [1.82, 2.24) is 9.80 Å². The van der Waals surface area contributed by atoms with Gasteiger partial charge in [0, 0.05) is 24.3 Å². The lowest BCUT2D eigenvalue weighted by atomic mass is 10.2. The van der Waals surface area contributed by atoms with E-state index in [-0.39, 0.29) is 11.8 Å². The molecule has 1 aromatic rings. The summed E-state index contributed by atoms with van der Waals surface area (Å²) in [6.45, 7) is 7.87. The van der Waals surface area contributed by atoms with Gasteiger partial charge >= 0.3 is 0 Å². The summed E-state index contributed by atoms with van der Waals surface area (Å²) in [5.41, 5.74) is 1.42. The molecule has 5 heteroatoms. The Hall–Kier alpha value is -1.88. The minimum Gasteiger partial charge on any atom is -0.339 e. The van der Waals surface area contributed by atoms with Crippen molar-refractivity contribution in [2.45, 2.75) is 26.7 Å². The summed E-state index contributed by atoms with van der Waals surface area (Å²) in [6.07, 6.45) is 2.18. The summed E-state index contributed by atoms with van der Waals surface area (Å²) in [7, 11) is 0. The smallest absolute Gasteiger partial charge is 0.253 e. The van der Waals surface area contributed by atoms with Crippen molar-refractivity contribution >= 4 is 17.5 Å². The van der Waals surface area contributed by atoms with Gasteiger partial charge in [-0.05, 0) is 50.2 Å². The number of likely N-dealkylation sites (N-methyl/N-ethyl adjacent to an activating group) is 1. The maximum absolute atomic E-state index is 12.2. The number of anilines is 1. The number of nitrogens with zero attached hydrogens (tertiary/aromatic N) is 2. The molecule has 0 bridgehead atoms. The van der Waals surface area contributed by atoms with Gasteiger partial charge in [0.2, 0.25) is 5.91 Å². The van der Waals surface area contributed by atoms with Crippen LogP contribution in [0.5, 0.6) is 0 Å². The van der Waals surface area contributed by atoms with E-state index >= 15 is 0 Å². The van der Waals surface area contributed by atoms with E-state index in [1.165, 1.54) is 0 Å². The zero-order valence-electron chi connectivity index (χ0n) is 13.5. The van der Waals surface area contributed by atoms with Crippen molar-refractivity contribution < 1.29 is 9.59 Å². The Morgan fingerprint density at radius 3 is 2.23 bits per heavy atom. The summed E-state index contributed by atoms with van der Waals surface area (Å²) in [5, 5.41) is 2.87. The quantitative estimate of drug-likeness (QED) is 0.876. The number of amides is 2. The predicted molar refractivity (Wildman–Crippen MR) is 88.0 cm³/mol. The third-order valence-electron chi connectivity index (χ3n) is 4.07. The van der Waals surface area contributed by atoms with Crippen molar-refractivity contribution in [3.05, 3.63) is 29.8 Å². The average molecular weight is 303 g/mol. The predicted octanol–water partition coefficient (Wildman–Crippen LogP) is 2.20. The Kier molecular flexibility index (Phi) is 5.95. The largest absolute Gasteiger partial charge is 0.339 e. The lowest BCUT2D eigenvalue weighted by Crippen LogP contribution is -2.32. The summed E-state index contributed by atoms with van der Waals surface area (Å²) in [6, 6.07) is 7.16. The first-order valence-corrected chi connectivity index (χ1v) is 8.05. The number of carbonyl (C=O) groups is 2. The number of benzene rings is 1. The average Bonchev–Trinajstić information content (AvgIpc) is 3.07. The molecule has 0 unspecified atom stereocenters. The molecule has 1 N–H and O–H groups in total. The van der Waals surface area contributed by atoms with E-state index in [0.717, 1.165) is 44.7 Å². The molecule has 0 radical (unpaired) electrons. The topological polar surface area (TPSA) is 52.7 Å². The molecule has 0 aliphatic carbocycles. The third kappa shape index (κ3) is 4.31. The van der Waals surface area contributed by atoms with Crippen molar-refractivity contribution in [2.75, 3.05) is 38.0 Å². The molecule has 1 saturated heterocycles. The molecule has 22 heavy (non-hydrogen) atoms. The Balaban J connectivity index is 1.91. The van der Waals surface area contributed by atoms with Crippen LogP contribution in [0, 0.1) is 0 Å². The highest BCUT2D eigenvalue weighted by molar-refractivity contribution is 5.96. The molecule has 0 saturated carbocycles. The molecule has 1 aliphatic rings. The highest BCUT2D eigenvalue weighted by Crippen LogP contribution is 2.15. The van der Waals surface area contributed by atoms with Gasteiger partial charge in [0.1, 0.15) is 0 Å². The van der Waals surface area contributed by atoms with Crippen molar-refractivity contribution in [3.63, 3.8) is 0 Å². The Morgan fingerprint density at radius 2 is 1.68 bits per heavy atom. The number of nitrogens with one attached hydrogen (secondary N) is 1. The molecule has 1 heterocycles. The zero-order chi connectivity index (χ0) is 15.9. The molecule has 5 nitrogen and oxygen atoms in total. The van der Waals surface area contributed by atoms with E-state index in [0.29, 0.717) is 12.1 Å². The van der Waals surface area contributed by atoms with Crippen LogP contribution in [0.1, 0.15) is 37.0 Å². The Labute approximate surface area is 132 Å². The molecule has 2 rings (SSSR count). The highest BCUT2D eigenvalue weighted by atomic mass is 16.2. The summed E-state index contributed by atoms with van der Waals surface area (Å²) < 4.78 is 0. The van der Waals surface area contributed by atoms with Crippen LogP contribution in [0.15, 0.2) is 24.3 Å². The fourth-order valence-electron chi connectivity index (χ4n) is 2.65. The number of hydrogen-bond donors (Lipinski definition) is 1. The van der Waals surface area contributed by atoms with Crippen molar-refractivity contribution in [3.8, 4) is 0 Å². The van der Waals surface area contributed by atoms with Crippen molar-refractivity contribution in [2.24, 2.45) is 0 Å². The number of likely N-dealkylation sites (tertiary alicyclic amines) is 1. The highest BCUT2D eigenvalue weighted by Gasteiger charge is 2.19. The fourth-order valence-corrected chi connectivity index (χ4v) is 2.65. The molecule has 2 amide bonds. The maximum atomic E-state index is 12.2. The first-order valence-electron chi connectivity index (χ1n) is 8.05. The van der Waals surface area contributed by atoms with E-state index in [4.69, 9.17) is 0 Å². The minimum absolute atomic E-state index is 0.0256. The second-order valence-electron chi connectivity index (χ2n) is 5.59. The minimum atomic E-state index is -0.0256. The molecular formula is C17H25N3O2. The van der Waals surface area contributed by atoms with E-state index in [1.807, 2.05) is 18.7 Å². The van der Waals surface area contributed by atoms with Crippen molar-refractivity contribution in [1.29, 1.82) is 0 Å². The normalized spacial score (nSPS) is 14.4. The standard InChI is InChI=1S/C17H25N3O2/c1-3-19(4-2)13-16(21)18-15-9-7-14(8-10-15)17(22)20-11-5-6-12-20/h7-10H,3-6,11-13H2,1-2H3,(H,18,21). The van der Waals surface area contributed by atoms with Gasteiger partial charge in [0.15, 0.2) is 0 Å². The lowest BCUT2D eigenvalue weighted by molar-refractivity contribution is -0.117. The molecule has 0 atom stereocenters. The Bertz CT molecular complexity index is 503. The van der Waals surface area contributed by atoms with Gasteiger partial charge in [-0.25, -0.2) is 0 Å². The monoisotopic (exact) mass is 303 g/mol. The van der Waals surface area contributed by atoms with Gasteiger partial charge in [-0.1, -0.05) is 13.8 Å². The molecule has 120 valence electrons. The number of hydrogen-bond acceptors (Lipinski definition) is 3. The second kappa shape index (κ2) is 7.94. The first-order chi connectivity index (χ1) is 10.6.